The number of rotatable bonds is 12. The van der Waals surface area contributed by atoms with Crippen LogP contribution in [-0.2, 0) is 17.6 Å². The van der Waals surface area contributed by atoms with E-state index in [1.807, 2.05) is 36.7 Å². The van der Waals surface area contributed by atoms with Gasteiger partial charge in [0.1, 0.15) is 12.2 Å². The van der Waals surface area contributed by atoms with Gasteiger partial charge in [0.15, 0.2) is 0 Å². The standard InChI is InChI=1S/C32H32N6O/c1-3-11-27-23(7-1)15-17-29(37-27)31(13-5-9-25-19-33-21-35-25)39-32(14-6-10-26-20-34-22-36-26)30-18-16-24-8-2-4-12-28(24)38-30/h1-4,7-8,11-12,15-22,31-32H,5-6,9-10,13-14H2,(H,33,35)(H,34,36). The number of nitrogens with one attached hydrogen (secondary N) is 2. The van der Waals surface area contributed by atoms with Gasteiger partial charge < -0.3 is 14.7 Å². The second-order valence-corrected chi connectivity index (χ2v) is 9.91. The summed E-state index contributed by atoms with van der Waals surface area (Å²) < 4.78 is 6.98. The van der Waals surface area contributed by atoms with Gasteiger partial charge in [0, 0.05) is 34.6 Å². The van der Waals surface area contributed by atoms with Gasteiger partial charge >= 0.3 is 0 Å². The van der Waals surface area contributed by atoms with Crippen molar-refractivity contribution in [3.63, 3.8) is 0 Å². The van der Waals surface area contributed by atoms with Gasteiger partial charge in [0.05, 0.1) is 35.1 Å². The first-order chi connectivity index (χ1) is 19.3. The molecule has 0 amide bonds. The van der Waals surface area contributed by atoms with E-state index in [4.69, 9.17) is 14.7 Å². The minimum Gasteiger partial charge on any atom is -0.362 e. The van der Waals surface area contributed by atoms with Crippen LogP contribution in [0.25, 0.3) is 21.8 Å². The molecule has 0 aliphatic carbocycles. The van der Waals surface area contributed by atoms with Gasteiger partial charge in [-0.3, -0.25) is 9.97 Å². The van der Waals surface area contributed by atoms with Crippen molar-refractivity contribution in [1.82, 2.24) is 29.9 Å². The molecule has 0 aliphatic rings. The van der Waals surface area contributed by atoms with Crippen LogP contribution in [-0.4, -0.2) is 29.9 Å². The van der Waals surface area contributed by atoms with Crippen LogP contribution in [0, 0.1) is 0 Å². The number of ether oxygens (including phenoxy) is 1. The van der Waals surface area contributed by atoms with E-state index in [2.05, 4.69) is 68.5 Å². The molecule has 0 bridgehead atoms. The molecule has 4 aromatic heterocycles. The first kappa shape index (κ1) is 24.9. The number of aryl methyl sites for hydroxylation is 2. The third-order valence-electron chi connectivity index (χ3n) is 7.16. The summed E-state index contributed by atoms with van der Waals surface area (Å²) in [7, 11) is 0. The number of benzene rings is 2. The molecule has 2 unspecified atom stereocenters. The summed E-state index contributed by atoms with van der Waals surface area (Å²) in [6.07, 6.45) is 12.3. The van der Waals surface area contributed by atoms with Crippen molar-refractivity contribution in [2.45, 2.75) is 50.7 Å². The Bertz CT molecular complexity index is 1490. The Balaban J connectivity index is 1.28. The molecule has 0 radical (unpaired) electrons. The van der Waals surface area contributed by atoms with Crippen molar-refractivity contribution in [3.8, 4) is 0 Å². The van der Waals surface area contributed by atoms with Crippen molar-refractivity contribution in [2.75, 3.05) is 0 Å². The topological polar surface area (TPSA) is 92.4 Å². The van der Waals surface area contributed by atoms with Gasteiger partial charge in [0.25, 0.3) is 0 Å². The molecule has 196 valence electrons. The molecular formula is C32H32N6O. The van der Waals surface area contributed by atoms with Gasteiger partial charge in [-0.1, -0.05) is 48.5 Å². The molecule has 0 saturated heterocycles. The number of hydrogen-bond donors (Lipinski definition) is 2. The van der Waals surface area contributed by atoms with Crippen LogP contribution in [0.4, 0.5) is 0 Å². The average Bonchev–Trinajstić information content (AvgIpc) is 3.70. The lowest BCUT2D eigenvalue weighted by molar-refractivity contribution is -0.0297. The first-order valence-corrected chi connectivity index (χ1v) is 13.6. The molecule has 6 rings (SSSR count). The predicted octanol–water partition coefficient (Wildman–Crippen LogP) is 7.07. The highest BCUT2D eigenvalue weighted by Gasteiger charge is 2.23. The maximum Gasteiger partial charge on any atom is 0.100 e. The maximum absolute atomic E-state index is 6.98. The number of para-hydroxylation sites is 2. The summed E-state index contributed by atoms with van der Waals surface area (Å²) >= 11 is 0. The minimum atomic E-state index is -0.164. The minimum absolute atomic E-state index is 0.164. The van der Waals surface area contributed by atoms with Crippen LogP contribution in [0.1, 0.15) is 60.7 Å². The fourth-order valence-electron chi connectivity index (χ4n) is 5.09. The van der Waals surface area contributed by atoms with Gasteiger partial charge in [-0.05, 0) is 62.8 Å². The Labute approximate surface area is 227 Å². The Morgan fingerprint density at radius 3 is 1.54 bits per heavy atom. The summed E-state index contributed by atoms with van der Waals surface area (Å²) in [5, 5.41) is 2.26. The van der Waals surface area contributed by atoms with Gasteiger partial charge in [-0.15, -0.1) is 0 Å². The number of aromatic nitrogens is 6. The smallest absolute Gasteiger partial charge is 0.100 e. The van der Waals surface area contributed by atoms with E-state index in [0.717, 1.165) is 83.1 Å². The zero-order valence-corrected chi connectivity index (χ0v) is 21.8. The van der Waals surface area contributed by atoms with Crippen LogP contribution >= 0.6 is 0 Å². The zero-order chi connectivity index (χ0) is 26.3. The Morgan fingerprint density at radius 1 is 0.590 bits per heavy atom. The maximum atomic E-state index is 6.98. The highest BCUT2D eigenvalue weighted by molar-refractivity contribution is 5.79. The third kappa shape index (κ3) is 6.21. The largest absolute Gasteiger partial charge is 0.362 e. The van der Waals surface area contributed by atoms with Crippen LogP contribution in [0.5, 0.6) is 0 Å². The quantitative estimate of drug-likeness (QED) is 0.181. The molecule has 7 nitrogen and oxygen atoms in total. The number of nitrogens with zero attached hydrogens (tertiary/aromatic N) is 4. The predicted molar refractivity (Wildman–Crippen MR) is 153 cm³/mol. The normalized spacial score (nSPS) is 13.1. The van der Waals surface area contributed by atoms with Crippen LogP contribution in [0.15, 0.2) is 97.8 Å². The van der Waals surface area contributed by atoms with Crippen LogP contribution in [0.2, 0.25) is 0 Å². The average molecular weight is 517 g/mol. The van der Waals surface area contributed by atoms with Crippen molar-refractivity contribution >= 4 is 21.8 Å². The molecule has 4 heterocycles. The monoisotopic (exact) mass is 516 g/mol. The second kappa shape index (κ2) is 12.0. The molecule has 2 aromatic carbocycles. The summed E-state index contributed by atoms with van der Waals surface area (Å²) in [5.41, 5.74) is 6.14. The molecule has 6 aromatic rings. The SMILES string of the molecule is c1ccc2nc(C(CCCc3cnc[nH]3)OC(CCCc3cnc[nH]3)c3ccc4ccccc4n3)ccc2c1. The van der Waals surface area contributed by atoms with E-state index in [1.165, 1.54) is 0 Å². The summed E-state index contributed by atoms with van der Waals surface area (Å²) in [5.74, 6) is 0. The number of fused-ring (bicyclic) bond motifs is 2. The van der Waals surface area contributed by atoms with Crippen LogP contribution in [0.3, 0.4) is 0 Å². The number of pyridine rings is 2. The lowest BCUT2D eigenvalue weighted by atomic mass is 10.0. The van der Waals surface area contributed by atoms with E-state index < -0.39 is 0 Å². The number of imidazole rings is 2. The molecule has 0 aliphatic heterocycles. The van der Waals surface area contributed by atoms with Gasteiger partial charge in [-0.2, -0.15) is 0 Å². The Morgan fingerprint density at radius 2 is 1.08 bits per heavy atom. The summed E-state index contributed by atoms with van der Waals surface area (Å²) in [4.78, 5) is 24.8. The van der Waals surface area contributed by atoms with Crippen molar-refractivity contribution in [2.24, 2.45) is 0 Å². The van der Waals surface area contributed by atoms with E-state index in [9.17, 15) is 0 Å². The highest BCUT2D eigenvalue weighted by Crippen LogP contribution is 2.33. The van der Waals surface area contributed by atoms with E-state index in [1.54, 1.807) is 12.7 Å². The fourth-order valence-corrected chi connectivity index (χ4v) is 5.09. The van der Waals surface area contributed by atoms with Crippen LogP contribution < -0.4 is 0 Å². The summed E-state index contributed by atoms with van der Waals surface area (Å²) in [6.45, 7) is 0. The molecule has 2 atom stereocenters. The zero-order valence-electron chi connectivity index (χ0n) is 21.8. The Kier molecular flexibility index (Phi) is 7.68. The molecule has 2 N–H and O–H groups in total. The molecule has 0 spiro atoms. The van der Waals surface area contributed by atoms with Crippen molar-refractivity contribution in [3.05, 3.63) is 121 Å². The number of H-pyrrole nitrogens is 2. The van der Waals surface area contributed by atoms with E-state index >= 15 is 0 Å². The first-order valence-electron chi connectivity index (χ1n) is 13.6. The van der Waals surface area contributed by atoms with Crippen molar-refractivity contribution in [1.29, 1.82) is 0 Å². The number of aromatic amines is 2. The van der Waals surface area contributed by atoms with E-state index in [0.29, 0.717) is 0 Å². The summed E-state index contributed by atoms with van der Waals surface area (Å²) in [6, 6.07) is 25.0. The molecule has 39 heavy (non-hydrogen) atoms. The van der Waals surface area contributed by atoms with Gasteiger partial charge in [0.2, 0.25) is 0 Å². The molecular weight excluding hydrogens is 484 g/mol. The van der Waals surface area contributed by atoms with E-state index in [-0.39, 0.29) is 12.2 Å². The fraction of sp³-hybridized carbons (Fsp3) is 0.250. The molecule has 0 fully saturated rings. The highest BCUT2D eigenvalue weighted by atomic mass is 16.5. The lowest BCUT2D eigenvalue weighted by Gasteiger charge is -2.25. The molecule has 0 saturated carbocycles. The second-order valence-electron chi connectivity index (χ2n) is 9.91. The van der Waals surface area contributed by atoms with Gasteiger partial charge in [-0.25, -0.2) is 9.97 Å². The Hall–Kier alpha value is -4.36. The lowest BCUT2D eigenvalue weighted by Crippen LogP contribution is -2.14. The molecule has 7 heteroatoms. The van der Waals surface area contributed by atoms with Crippen molar-refractivity contribution < 1.29 is 4.74 Å². The third-order valence-corrected chi connectivity index (χ3v) is 7.16. The number of hydrogen-bond acceptors (Lipinski definition) is 5.